The largest absolute Gasteiger partial charge is 0.461 e. The minimum Gasteiger partial charge on any atom is -0.461 e. The van der Waals surface area contributed by atoms with E-state index in [4.69, 9.17) is 21.2 Å². The van der Waals surface area contributed by atoms with Gasteiger partial charge in [-0.3, -0.25) is 4.79 Å². The van der Waals surface area contributed by atoms with Crippen LogP contribution in [0.4, 0.5) is 0 Å². The maximum atomic E-state index is 13.0. The minimum atomic E-state index is -0.392. The first-order valence-electron chi connectivity index (χ1n) is 12.1. The Morgan fingerprint density at radius 3 is 2.68 bits per heavy atom. The van der Waals surface area contributed by atoms with E-state index in [2.05, 4.69) is 17.3 Å². The third-order valence-electron chi connectivity index (χ3n) is 6.13. The Morgan fingerprint density at radius 1 is 1.18 bits per heavy atom. The number of nitrogens with zero attached hydrogens (tertiary/aromatic N) is 2. The first-order valence-corrected chi connectivity index (χ1v) is 12.5. The number of allylic oxidation sites excluding steroid dienone is 3. The van der Waals surface area contributed by atoms with Gasteiger partial charge < -0.3 is 14.5 Å². The Labute approximate surface area is 207 Å². The SMILES string of the molecule is Cc1cc(C)c2c(c1Cl)CC(=N\OCC(=O)N1CCCCC1)/C=C/CCC=CC(C)COC2=O. The molecule has 3 rings (SSSR count). The fourth-order valence-corrected chi connectivity index (χ4v) is 4.50. The van der Waals surface area contributed by atoms with E-state index >= 15 is 0 Å². The van der Waals surface area contributed by atoms with Crippen LogP contribution in [0.1, 0.15) is 66.1 Å². The van der Waals surface area contributed by atoms with Crippen LogP contribution in [0.2, 0.25) is 5.02 Å². The second-order valence-electron chi connectivity index (χ2n) is 9.14. The highest BCUT2D eigenvalue weighted by Crippen LogP contribution is 2.29. The molecule has 0 N–H and O–H groups in total. The molecule has 0 bridgehead atoms. The Morgan fingerprint density at radius 2 is 1.91 bits per heavy atom. The molecule has 6 nitrogen and oxygen atoms in total. The van der Waals surface area contributed by atoms with Crippen molar-refractivity contribution in [2.24, 2.45) is 11.1 Å². The number of carbonyl (C=O) groups excluding carboxylic acids is 2. The first kappa shape index (κ1) is 26.0. The van der Waals surface area contributed by atoms with Gasteiger partial charge in [-0.05, 0) is 68.7 Å². The molecule has 0 radical (unpaired) electrons. The highest BCUT2D eigenvalue weighted by molar-refractivity contribution is 6.33. The van der Waals surface area contributed by atoms with E-state index in [0.29, 0.717) is 34.9 Å². The van der Waals surface area contributed by atoms with E-state index in [-0.39, 0.29) is 18.4 Å². The number of likely N-dealkylation sites (tertiary alicyclic amines) is 1. The maximum Gasteiger partial charge on any atom is 0.338 e. The van der Waals surface area contributed by atoms with Crippen molar-refractivity contribution in [2.45, 2.75) is 59.3 Å². The molecule has 0 aromatic heterocycles. The van der Waals surface area contributed by atoms with Crippen LogP contribution in [0.3, 0.4) is 0 Å². The molecular formula is C27H35ClN2O4. The average Bonchev–Trinajstić information content (AvgIpc) is 2.82. The zero-order chi connectivity index (χ0) is 24.5. The van der Waals surface area contributed by atoms with Crippen molar-refractivity contribution < 1.29 is 19.2 Å². The molecule has 1 saturated heterocycles. The molecule has 7 heteroatoms. The predicted octanol–water partition coefficient (Wildman–Crippen LogP) is 5.58. The molecule has 0 spiro atoms. The van der Waals surface area contributed by atoms with E-state index in [0.717, 1.165) is 56.3 Å². The average molecular weight is 487 g/mol. The van der Waals surface area contributed by atoms with Crippen molar-refractivity contribution in [3.63, 3.8) is 0 Å². The summed E-state index contributed by atoms with van der Waals surface area (Å²) < 4.78 is 5.63. The van der Waals surface area contributed by atoms with Crippen molar-refractivity contribution >= 4 is 29.2 Å². The van der Waals surface area contributed by atoms with Gasteiger partial charge in [-0.25, -0.2) is 4.79 Å². The molecule has 34 heavy (non-hydrogen) atoms. The number of fused-ring (bicyclic) bond motifs is 1. The van der Waals surface area contributed by atoms with Crippen LogP contribution in [0, 0.1) is 19.8 Å². The molecule has 2 aliphatic rings. The standard InChI is InChI=1S/C27H35ClN2O4/c1-19-11-7-4-5-8-12-22(29-34-18-24(31)30-13-9-6-10-14-30)16-23-25(27(32)33-17-19)20(2)15-21(3)26(23)28/h7-8,11-12,15,19H,4-6,9-10,13-14,16-18H2,1-3H3/b11-7?,12-8+,29-22-. The van der Waals surface area contributed by atoms with Crippen molar-refractivity contribution in [3.8, 4) is 0 Å². The number of benzene rings is 1. The van der Waals surface area contributed by atoms with Gasteiger partial charge in [0.05, 0.1) is 17.9 Å². The maximum absolute atomic E-state index is 13.0. The van der Waals surface area contributed by atoms with Crippen LogP contribution in [0.5, 0.6) is 0 Å². The fraction of sp³-hybridized carbons (Fsp3) is 0.519. The third kappa shape index (κ3) is 7.20. The number of halogens is 1. The van der Waals surface area contributed by atoms with Gasteiger partial charge in [-0.2, -0.15) is 0 Å². The summed E-state index contributed by atoms with van der Waals surface area (Å²) in [5, 5.41) is 4.79. The van der Waals surface area contributed by atoms with Gasteiger partial charge in [0.25, 0.3) is 5.91 Å². The van der Waals surface area contributed by atoms with Crippen LogP contribution < -0.4 is 0 Å². The van der Waals surface area contributed by atoms with E-state index in [1.54, 1.807) is 0 Å². The Hall–Kier alpha value is -2.60. The Balaban J connectivity index is 1.88. The van der Waals surface area contributed by atoms with Gasteiger partial charge in [0.1, 0.15) is 0 Å². The summed E-state index contributed by atoms with van der Waals surface area (Å²) in [5.41, 5.74) is 3.42. The molecule has 0 aliphatic carbocycles. The summed E-state index contributed by atoms with van der Waals surface area (Å²) in [6.07, 6.45) is 13.3. The molecule has 2 aliphatic heterocycles. The van der Waals surface area contributed by atoms with Gasteiger partial charge in [0.15, 0.2) is 6.61 Å². The molecular weight excluding hydrogens is 452 g/mol. The number of ether oxygens (including phenoxy) is 1. The number of oxime groups is 1. The quantitative estimate of drug-likeness (QED) is 0.317. The highest BCUT2D eigenvalue weighted by atomic mass is 35.5. The van der Waals surface area contributed by atoms with E-state index in [1.807, 2.05) is 43.9 Å². The molecule has 1 atom stereocenters. The van der Waals surface area contributed by atoms with Crippen LogP contribution in [0.15, 0.2) is 35.5 Å². The molecule has 1 aromatic rings. The summed E-state index contributed by atoms with van der Waals surface area (Å²) in [4.78, 5) is 32.8. The van der Waals surface area contributed by atoms with Crippen molar-refractivity contribution in [2.75, 3.05) is 26.3 Å². The minimum absolute atomic E-state index is 0.0538. The number of hydrogen-bond donors (Lipinski definition) is 0. The van der Waals surface area contributed by atoms with Gasteiger partial charge >= 0.3 is 5.97 Å². The molecule has 0 saturated carbocycles. The van der Waals surface area contributed by atoms with Gasteiger partial charge in [0, 0.05) is 30.5 Å². The number of amides is 1. The number of hydrogen-bond acceptors (Lipinski definition) is 5. The van der Waals surface area contributed by atoms with Gasteiger partial charge in [0.2, 0.25) is 0 Å². The van der Waals surface area contributed by atoms with Crippen LogP contribution in [0.25, 0.3) is 0 Å². The Bertz CT molecular complexity index is 977. The third-order valence-corrected chi connectivity index (χ3v) is 6.66. The Kier molecular flexibility index (Phi) is 9.75. The number of aryl methyl sites for hydroxylation is 2. The molecule has 1 aromatic carbocycles. The second kappa shape index (κ2) is 12.7. The van der Waals surface area contributed by atoms with Crippen molar-refractivity contribution in [3.05, 3.63) is 57.6 Å². The lowest BCUT2D eigenvalue weighted by Crippen LogP contribution is -2.37. The van der Waals surface area contributed by atoms with Gasteiger partial charge in [-0.15, -0.1) is 0 Å². The molecule has 1 amide bonds. The normalized spacial score (nSPS) is 22.0. The molecule has 184 valence electrons. The zero-order valence-electron chi connectivity index (χ0n) is 20.4. The number of esters is 1. The van der Waals surface area contributed by atoms with Crippen molar-refractivity contribution in [1.29, 1.82) is 0 Å². The van der Waals surface area contributed by atoms with E-state index in [1.165, 1.54) is 0 Å². The summed E-state index contributed by atoms with van der Waals surface area (Å²) in [6, 6.07) is 1.90. The monoisotopic (exact) mass is 486 g/mol. The van der Waals surface area contributed by atoms with Crippen LogP contribution >= 0.6 is 11.6 Å². The lowest BCUT2D eigenvalue weighted by molar-refractivity contribution is -0.137. The number of carbonyl (C=O) groups is 2. The predicted molar refractivity (Wildman–Crippen MR) is 135 cm³/mol. The topological polar surface area (TPSA) is 68.2 Å². The lowest BCUT2D eigenvalue weighted by Gasteiger charge is -2.26. The fourth-order valence-electron chi connectivity index (χ4n) is 4.28. The summed E-state index contributed by atoms with van der Waals surface area (Å²) in [7, 11) is 0. The zero-order valence-corrected chi connectivity index (χ0v) is 21.2. The summed E-state index contributed by atoms with van der Waals surface area (Å²) in [6.45, 7) is 7.57. The van der Waals surface area contributed by atoms with Gasteiger partial charge in [-0.1, -0.05) is 48.0 Å². The van der Waals surface area contributed by atoms with Crippen molar-refractivity contribution in [1.82, 2.24) is 4.90 Å². The first-order chi connectivity index (χ1) is 16.4. The van der Waals surface area contributed by atoms with E-state index in [9.17, 15) is 9.59 Å². The summed E-state index contributed by atoms with van der Waals surface area (Å²) >= 11 is 6.68. The van der Waals surface area contributed by atoms with Crippen LogP contribution in [-0.4, -0.2) is 48.8 Å². The van der Waals surface area contributed by atoms with E-state index < -0.39 is 5.97 Å². The molecule has 2 heterocycles. The molecule has 1 unspecified atom stereocenters. The number of cyclic esters (lactones) is 1. The highest BCUT2D eigenvalue weighted by Gasteiger charge is 2.22. The lowest BCUT2D eigenvalue weighted by atomic mass is 9.94. The summed E-state index contributed by atoms with van der Waals surface area (Å²) in [5.74, 6) is -0.318. The van der Waals surface area contributed by atoms with Crippen LogP contribution in [-0.2, 0) is 20.8 Å². The smallest absolute Gasteiger partial charge is 0.338 e. The second-order valence-corrected chi connectivity index (χ2v) is 9.51. The number of piperidine rings is 1. The number of rotatable bonds is 3. The molecule has 1 fully saturated rings.